The van der Waals surface area contributed by atoms with E-state index in [1.165, 1.54) is 4.90 Å². The van der Waals surface area contributed by atoms with Crippen molar-refractivity contribution in [3.63, 3.8) is 0 Å². The maximum absolute atomic E-state index is 12.8. The molecule has 4 rings (SSSR count). The summed E-state index contributed by atoms with van der Waals surface area (Å²) in [5, 5.41) is 17.3. The summed E-state index contributed by atoms with van der Waals surface area (Å²) in [4.78, 5) is 14.0. The van der Waals surface area contributed by atoms with Gasteiger partial charge in [-0.1, -0.05) is 55.0 Å². The summed E-state index contributed by atoms with van der Waals surface area (Å²) in [7, 11) is 0. The smallest absolute Gasteiger partial charge is 0.266 e. The molecule has 0 atom stereocenters. The number of nitrogens with zero attached hydrogens (tertiary/aromatic N) is 3. The predicted molar refractivity (Wildman–Crippen MR) is 139 cm³/mol. The minimum Gasteiger partial charge on any atom is -0.321 e. The van der Waals surface area contributed by atoms with Gasteiger partial charge < -0.3 is 5.32 Å². The Hall–Kier alpha value is -4.08. The van der Waals surface area contributed by atoms with E-state index in [9.17, 15) is 10.1 Å². The fourth-order valence-corrected chi connectivity index (χ4v) is 4.11. The van der Waals surface area contributed by atoms with Crippen LogP contribution in [0, 0.1) is 18.3 Å². The normalized spacial score (nSPS) is 11.1. The number of rotatable bonds is 7. The first-order chi connectivity index (χ1) is 16.6. The van der Waals surface area contributed by atoms with Crippen LogP contribution < -0.4 is 5.32 Å². The third-order valence-electron chi connectivity index (χ3n) is 5.18. The Bertz CT molecular complexity index is 1350. The van der Waals surface area contributed by atoms with Gasteiger partial charge in [-0.3, -0.25) is 4.79 Å². The standard InChI is InChI=1S/C28H24N4OS/c1-3-34-26-15-11-21(12-16-26)27-23(19-32(31-27)25-7-5-4-6-8-25)17-22(18-29)28(33)30-24-13-9-20(2)10-14-24/h4-17,19H,3H2,1-2H3,(H,30,33)/b22-17-. The van der Waals surface area contributed by atoms with Crippen LogP contribution in [0.5, 0.6) is 0 Å². The van der Waals surface area contributed by atoms with Gasteiger partial charge in [0.1, 0.15) is 11.6 Å². The summed E-state index contributed by atoms with van der Waals surface area (Å²) in [5.41, 5.74) is 4.94. The number of aromatic nitrogens is 2. The lowest BCUT2D eigenvalue weighted by molar-refractivity contribution is -0.112. The number of nitriles is 1. The van der Waals surface area contributed by atoms with E-state index in [2.05, 4.69) is 24.4 Å². The molecule has 3 aromatic carbocycles. The molecule has 0 unspecified atom stereocenters. The van der Waals surface area contributed by atoms with Crippen LogP contribution in [0.3, 0.4) is 0 Å². The van der Waals surface area contributed by atoms with Crippen LogP contribution in [0.15, 0.2) is 95.5 Å². The number of hydrogen-bond donors (Lipinski definition) is 1. The quantitative estimate of drug-likeness (QED) is 0.192. The van der Waals surface area contributed by atoms with Crippen LogP contribution in [-0.4, -0.2) is 21.4 Å². The van der Waals surface area contributed by atoms with Crippen molar-refractivity contribution in [3.05, 3.63) is 102 Å². The molecule has 0 saturated heterocycles. The highest BCUT2D eigenvalue weighted by atomic mass is 32.2. The van der Waals surface area contributed by atoms with Crippen molar-refractivity contribution in [1.29, 1.82) is 5.26 Å². The minimum absolute atomic E-state index is 0.00703. The Labute approximate surface area is 203 Å². The second kappa shape index (κ2) is 10.7. The highest BCUT2D eigenvalue weighted by Gasteiger charge is 2.15. The van der Waals surface area contributed by atoms with E-state index >= 15 is 0 Å². The van der Waals surface area contributed by atoms with E-state index in [-0.39, 0.29) is 5.57 Å². The lowest BCUT2D eigenvalue weighted by atomic mass is 10.1. The topological polar surface area (TPSA) is 70.7 Å². The van der Waals surface area contributed by atoms with Crippen LogP contribution >= 0.6 is 11.8 Å². The second-order valence-electron chi connectivity index (χ2n) is 7.66. The molecule has 0 bridgehead atoms. The maximum atomic E-state index is 12.8. The molecule has 4 aromatic rings. The van der Waals surface area contributed by atoms with E-state index in [1.807, 2.05) is 85.9 Å². The molecule has 0 aliphatic carbocycles. The van der Waals surface area contributed by atoms with Gasteiger partial charge >= 0.3 is 0 Å². The summed E-state index contributed by atoms with van der Waals surface area (Å²) >= 11 is 1.77. The molecule has 0 saturated carbocycles. The Kier molecular flexibility index (Phi) is 7.26. The number of carbonyl (C=O) groups is 1. The Morgan fingerprint density at radius 2 is 1.76 bits per heavy atom. The van der Waals surface area contributed by atoms with Crippen molar-refractivity contribution in [2.75, 3.05) is 11.1 Å². The molecular formula is C28H24N4OS. The van der Waals surface area contributed by atoms with Crippen LogP contribution in [0.2, 0.25) is 0 Å². The van der Waals surface area contributed by atoms with E-state index in [1.54, 1.807) is 22.5 Å². The fourth-order valence-electron chi connectivity index (χ4n) is 3.45. The van der Waals surface area contributed by atoms with Gasteiger partial charge in [-0.15, -0.1) is 11.8 Å². The van der Waals surface area contributed by atoms with Crippen molar-refractivity contribution in [2.24, 2.45) is 0 Å². The number of thioether (sulfide) groups is 1. The Morgan fingerprint density at radius 1 is 1.06 bits per heavy atom. The minimum atomic E-state index is -0.459. The number of aryl methyl sites for hydroxylation is 1. The molecule has 1 heterocycles. The summed E-state index contributed by atoms with van der Waals surface area (Å²) in [6.07, 6.45) is 3.44. The number of nitrogens with one attached hydrogen (secondary N) is 1. The molecule has 0 aliphatic heterocycles. The van der Waals surface area contributed by atoms with Crippen molar-refractivity contribution in [1.82, 2.24) is 9.78 Å². The molecule has 0 spiro atoms. The molecular weight excluding hydrogens is 440 g/mol. The summed E-state index contributed by atoms with van der Waals surface area (Å²) < 4.78 is 1.77. The zero-order valence-corrected chi connectivity index (χ0v) is 19.8. The molecule has 0 fully saturated rings. The number of anilines is 1. The highest BCUT2D eigenvalue weighted by Crippen LogP contribution is 2.28. The molecule has 0 radical (unpaired) electrons. The number of benzene rings is 3. The van der Waals surface area contributed by atoms with Crippen molar-refractivity contribution >= 4 is 29.4 Å². The van der Waals surface area contributed by atoms with Crippen molar-refractivity contribution in [3.8, 4) is 23.0 Å². The largest absolute Gasteiger partial charge is 0.321 e. The molecule has 1 amide bonds. The molecule has 0 aliphatic rings. The van der Waals surface area contributed by atoms with E-state index in [0.717, 1.165) is 22.6 Å². The first kappa shape index (κ1) is 23.1. The van der Waals surface area contributed by atoms with Gasteiger partial charge in [-0.25, -0.2) is 4.68 Å². The van der Waals surface area contributed by atoms with Gasteiger partial charge in [0.05, 0.1) is 11.4 Å². The van der Waals surface area contributed by atoms with Crippen molar-refractivity contribution in [2.45, 2.75) is 18.7 Å². The lowest BCUT2D eigenvalue weighted by Crippen LogP contribution is -2.13. The van der Waals surface area contributed by atoms with Gasteiger partial charge in [-0.2, -0.15) is 10.4 Å². The SMILES string of the molecule is CCSc1ccc(-c2nn(-c3ccccc3)cc2/C=C(/C#N)C(=O)Nc2ccc(C)cc2)cc1. The molecule has 1 aromatic heterocycles. The summed E-state index contributed by atoms with van der Waals surface area (Å²) in [5.74, 6) is 0.539. The molecule has 1 N–H and O–H groups in total. The van der Waals surface area contributed by atoms with E-state index < -0.39 is 5.91 Å². The average Bonchev–Trinajstić information content (AvgIpc) is 3.29. The maximum Gasteiger partial charge on any atom is 0.266 e. The van der Waals surface area contributed by atoms with Crippen LogP contribution in [0.4, 0.5) is 5.69 Å². The molecule has 5 nitrogen and oxygen atoms in total. The highest BCUT2D eigenvalue weighted by molar-refractivity contribution is 7.99. The second-order valence-corrected chi connectivity index (χ2v) is 9.00. The molecule has 6 heteroatoms. The Morgan fingerprint density at radius 3 is 2.41 bits per heavy atom. The lowest BCUT2D eigenvalue weighted by Gasteiger charge is -2.05. The Balaban J connectivity index is 1.72. The van der Waals surface area contributed by atoms with Gasteiger partial charge in [0, 0.05) is 27.9 Å². The van der Waals surface area contributed by atoms with Crippen LogP contribution in [0.25, 0.3) is 23.0 Å². The number of amides is 1. The van der Waals surface area contributed by atoms with E-state index in [4.69, 9.17) is 5.10 Å². The van der Waals surface area contributed by atoms with Gasteiger partial charge in [0.25, 0.3) is 5.91 Å². The van der Waals surface area contributed by atoms with E-state index in [0.29, 0.717) is 16.9 Å². The third kappa shape index (κ3) is 5.45. The zero-order chi connectivity index (χ0) is 23.9. The van der Waals surface area contributed by atoms with Gasteiger partial charge in [0.2, 0.25) is 0 Å². The fraction of sp³-hybridized carbons (Fsp3) is 0.107. The summed E-state index contributed by atoms with van der Waals surface area (Å²) in [6.45, 7) is 4.10. The third-order valence-corrected chi connectivity index (χ3v) is 6.07. The average molecular weight is 465 g/mol. The summed E-state index contributed by atoms with van der Waals surface area (Å²) in [6, 6.07) is 27.4. The van der Waals surface area contributed by atoms with Gasteiger partial charge in [0.15, 0.2) is 0 Å². The molecule has 34 heavy (non-hydrogen) atoms. The number of para-hydroxylation sites is 1. The predicted octanol–water partition coefficient (Wildman–Crippen LogP) is 6.51. The number of carbonyl (C=O) groups excluding carboxylic acids is 1. The zero-order valence-electron chi connectivity index (χ0n) is 19.0. The first-order valence-electron chi connectivity index (χ1n) is 11.0. The van der Waals surface area contributed by atoms with Gasteiger partial charge in [-0.05, 0) is 55.2 Å². The monoisotopic (exact) mass is 464 g/mol. The number of hydrogen-bond acceptors (Lipinski definition) is 4. The van der Waals surface area contributed by atoms with Crippen LogP contribution in [-0.2, 0) is 4.79 Å². The molecule has 168 valence electrons. The first-order valence-corrected chi connectivity index (χ1v) is 11.9. The van der Waals surface area contributed by atoms with Crippen LogP contribution in [0.1, 0.15) is 18.1 Å². The van der Waals surface area contributed by atoms with Crippen molar-refractivity contribution < 1.29 is 4.79 Å².